The van der Waals surface area contributed by atoms with Crippen molar-refractivity contribution in [2.75, 3.05) is 13.1 Å². The Balaban J connectivity index is 1.46. The SMILES string of the molecule is CC(C)N1CCC2(CC1)Oc1ccccc1[C@@H]1CC(c3ccc(OC(F)F)cc3)=NN12. The second-order valence-electron chi connectivity index (χ2n) is 8.73. The Morgan fingerprint density at radius 1 is 1.06 bits per heavy atom. The number of ether oxygens (including phenoxy) is 2. The highest BCUT2D eigenvalue weighted by atomic mass is 19.3. The molecule has 0 unspecified atom stereocenters. The van der Waals surface area contributed by atoms with Crippen LogP contribution >= 0.6 is 0 Å². The lowest BCUT2D eigenvalue weighted by Gasteiger charge is -2.51. The first-order valence-electron chi connectivity index (χ1n) is 10.9. The van der Waals surface area contributed by atoms with Crippen molar-refractivity contribution < 1.29 is 18.3 Å². The average molecular weight is 427 g/mol. The van der Waals surface area contributed by atoms with E-state index in [0.717, 1.165) is 54.9 Å². The summed E-state index contributed by atoms with van der Waals surface area (Å²) in [4.78, 5) is 2.48. The Hall–Kier alpha value is -2.67. The highest BCUT2D eigenvalue weighted by molar-refractivity contribution is 6.02. The van der Waals surface area contributed by atoms with Crippen LogP contribution in [0.4, 0.5) is 8.78 Å². The molecule has 0 saturated carbocycles. The summed E-state index contributed by atoms with van der Waals surface area (Å²) in [5.74, 6) is 1.10. The summed E-state index contributed by atoms with van der Waals surface area (Å²) >= 11 is 0. The van der Waals surface area contributed by atoms with Crippen LogP contribution < -0.4 is 9.47 Å². The summed E-state index contributed by atoms with van der Waals surface area (Å²) in [6.07, 6.45) is 2.52. The first kappa shape index (κ1) is 20.2. The summed E-state index contributed by atoms with van der Waals surface area (Å²) in [7, 11) is 0. The van der Waals surface area contributed by atoms with E-state index in [-0.39, 0.29) is 11.8 Å². The monoisotopic (exact) mass is 427 g/mol. The Labute approximate surface area is 181 Å². The minimum Gasteiger partial charge on any atom is -0.466 e. The normalized spacial score (nSPS) is 22.3. The van der Waals surface area contributed by atoms with Crippen molar-refractivity contribution in [3.05, 3.63) is 59.7 Å². The predicted octanol–water partition coefficient (Wildman–Crippen LogP) is 5.03. The van der Waals surface area contributed by atoms with E-state index in [4.69, 9.17) is 9.84 Å². The van der Waals surface area contributed by atoms with Crippen molar-refractivity contribution in [1.29, 1.82) is 0 Å². The number of benzene rings is 2. The number of fused-ring (bicyclic) bond motifs is 4. The van der Waals surface area contributed by atoms with Gasteiger partial charge in [0.05, 0.1) is 11.8 Å². The fourth-order valence-corrected chi connectivity index (χ4v) is 4.95. The molecule has 0 bridgehead atoms. The first-order chi connectivity index (χ1) is 14.9. The molecule has 164 valence electrons. The van der Waals surface area contributed by atoms with E-state index in [0.29, 0.717) is 6.04 Å². The van der Waals surface area contributed by atoms with E-state index >= 15 is 0 Å². The third-order valence-corrected chi connectivity index (χ3v) is 6.63. The van der Waals surface area contributed by atoms with Gasteiger partial charge >= 0.3 is 6.61 Å². The maximum Gasteiger partial charge on any atom is 0.387 e. The molecule has 1 fully saturated rings. The molecular formula is C24H27F2N3O2. The second-order valence-corrected chi connectivity index (χ2v) is 8.73. The highest BCUT2D eigenvalue weighted by Crippen LogP contribution is 2.50. The molecule has 3 heterocycles. The summed E-state index contributed by atoms with van der Waals surface area (Å²) in [6, 6.07) is 15.6. The van der Waals surface area contributed by atoms with Crippen molar-refractivity contribution in [2.24, 2.45) is 5.10 Å². The molecule has 3 aliphatic heterocycles. The van der Waals surface area contributed by atoms with E-state index in [2.05, 4.69) is 40.6 Å². The van der Waals surface area contributed by atoms with Gasteiger partial charge in [-0.25, -0.2) is 5.01 Å². The second kappa shape index (κ2) is 7.79. The van der Waals surface area contributed by atoms with E-state index in [1.807, 2.05) is 12.1 Å². The number of piperidine rings is 1. The maximum absolute atomic E-state index is 12.5. The lowest BCUT2D eigenvalue weighted by atomic mass is 9.90. The lowest BCUT2D eigenvalue weighted by Crippen LogP contribution is -2.59. The van der Waals surface area contributed by atoms with Gasteiger partial charge in [-0.2, -0.15) is 13.9 Å². The molecule has 1 spiro atoms. The minimum atomic E-state index is -2.83. The number of nitrogens with zero attached hydrogens (tertiary/aromatic N) is 3. The number of para-hydroxylation sites is 1. The van der Waals surface area contributed by atoms with Gasteiger partial charge in [0.1, 0.15) is 11.5 Å². The molecule has 5 nitrogen and oxygen atoms in total. The van der Waals surface area contributed by atoms with Crippen molar-refractivity contribution >= 4 is 5.71 Å². The van der Waals surface area contributed by atoms with Gasteiger partial charge in [0.25, 0.3) is 0 Å². The zero-order chi connectivity index (χ0) is 21.6. The number of alkyl halides is 2. The van der Waals surface area contributed by atoms with Crippen LogP contribution in [0.2, 0.25) is 0 Å². The van der Waals surface area contributed by atoms with Crippen LogP contribution in [0.15, 0.2) is 53.6 Å². The summed E-state index contributed by atoms with van der Waals surface area (Å²) < 4.78 is 36.1. The molecule has 31 heavy (non-hydrogen) atoms. The Kier molecular flexibility index (Phi) is 5.08. The summed E-state index contributed by atoms with van der Waals surface area (Å²) in [6.45, 7) is 3.56. The quantitative estimate of drug-likeness (QED) is 0.686. The molecular weight excluding hydrogens is 400 g/mol. The van der Waals surface area contributed by atoms with Crippen LogP contribution in [-0.2, 0) is 0 Å². The number of hydrazone groups is 1. The largest absolute Gasteiger partial charge is 0.466 e. The van der Waals surface area contributed by atoms with Crippen molar-refractivity contribution in [3.63, 3.8) is 0 Å². The van der Waals surface area contributed by atoms with E-state index < -0.39 is 12.3 Å². The van der Waals surface area contributed by atoms with Gasteiger partial charge in [-0.1, -0.05) is 18.2 Å². The Bertz CT molecular complexity index is 969. The van der Waals surface area contributed by atoms with Crippen LogP contribution in [0, 0.1) is 0 Å². The summed E-state index contributed by atoms with van der Waals surface area (Å²) in [5.41, 5.74) is 2.56. The van der Waals surface area contributed by atoms with Crippen LogP contribution in [0.25, 0.3) is 0 Å². The zero-order valence-electron chi connectivity index (χ0n) is 17.8. The van der Waals surface area contributed by atoms with E-state index in [9.17, 15) is 8.78 Å². The van der Waals surface area contributed by atoms with Gasteiger partial charge in [-0.15, -0.1) is 0 Å². The smallest absolute Gasteiger partial charge is 0.387 e. The fraction of sp³-hybridized carbons (Fsp3) is 0.458. The fourth-order valence-electron chi connectivity index (χ4n) is 4.95. The molecule has 2 aromatic rings. The van der Waals surface area contributed by atoms with Gasteiger partial charge in [0.15, 0.2) is 0 Å². The van der Waals surface area contributed by atoms with E-state index in [1.165, 1.54) is 0 Å². The lowest BCUT2D eigenvalue weighted by molar-refractivity contribution is -0.152. The number of hydrogen-bond donors (Lipinski definition) is 0. The van der Waals surface area contributed by atoms with Crippen molar-refractivity contribution in [2.45, 2.75) is 57.5 Å². The molecule has 0 amide bonds. The topological polar surface area (TPSA) is 37.3 Å². The minimum absolute atomic E-state index is 0.113. The summed E-state index contributed by atoms with van der Waals surface area (Å²) in [5, 5.41) is 7.21. The maximum atomic E-state index is 12.5. The first-order valence-corrected chi connectivity index (χ1v) is 10.9. The average Bonchev–Trinajstić information content (AvgIpc) is 3.21. The van der Waals surface area contributed by atoms with Gasteiger partial charge in [-0.05, 0) is 49.7 Å². The Morgan fingerprint density at radius 3 is 2.45 bits per heavy atom. The van der Waals surface area contributed by atoms with Crippen LogP contribution in [0.5, 0.6) is 11.5 Å². The van der Waals surface area contributed by atoms with Crippen molar-refractivity contribution in [1.82, 2.24) is 9.91 Å². The molecule has 1 atom stereocenters. The molecule has 1 saturated heterocycles. The molecule has 0 N–H and O–H groups in total. The molecule has 7 heteroatoms. The van der Waals surface area contributed by atoms with Crippen LogP contribution in [-0.4, -0.2) is 47.1 Å². The van der Waals surface area contributed by atoms with Crippen LogP contribution in [0.3, 0.4) is 0 Å². The highest BCUT2D eigenvalue weighted by Gasteiger charge is 2.51. The zero-order valence-corrected chi connectivity index (χ0v) is 17.8. The standard InChI is InChI=1S/C24H27F2N3O2/c1-16(2)28-13-11-24(12-14-28)29-21(19-5-3-4-6-22(19)31-24)15-20(27-29)17-7-9-18(10-8-17)30-23(25)26/h3-10,16,21,23H,11-15H2,1-2H3/t21-/m0/s1. The molecule has 0 radical (unpaired) electrons. The van der Waals surface area contributed by atoms with Gasteiger partial charge in [0.2, 0.25) is 5.72 Å². The number of halogens is 2. The predicted molar refractivity (Wildman–Crippen MR) is 115 cm³/mol. The number of likely N-dealkylation sites (tertiary alicyclic amines) is 1. The van der Waals surface area contributed by atoms with E-state index in [1.54, 1.807) is 24.3 Å². The Morgan fingerprint density at radius 2 is 1.77 bits per heavy atom. The third kappa shape index (κ3) is 3.65. The van der Waals surface area contributed by atoms with Crippen molar-refractivity contribution in [3.8, 4) is 11.5 Å². The van der Waals surface area contributed by atoms with Gasteiger partial charge in [0, 0.05) is 44.0 Å². The molecule has 2 aromatic carbocycles. The molecule has 0 aromatic heterocycles. The van der Waals surface area contributed by atoms with Crippen LogP contribution in [0.1, 0.15) is 50.3 Å². The van der Waals surface area contributed by atoms with Gasteiger partial charge < -0.3 is 14.4 Å². The number of rotatable bonds is 4. The van der Waals surface area contributed by atoms with Gasteiger partial charge in [-0.3, -0.25) is 0 Å². The molecule has 5 rings (SSSR count). The molecule has 3 aliphatic rings. The number of hydrogen-bond acceptors (Lipinski definition) is 5. The third-order valence-electron chi connectivity index (χ3n) is 6.63. The molecule has 0 aliphatic carbocycles.